The van der Waals surface area contributed by atoms with Gasteiger partial charge in [-0.25, -0.2) is 23.3 Å². The number of aromatic nitrogens is 2. The first kappa shape index (κ1) is 25.9. The summed E-state index contributed by atoms with van der Waals surface area (Å²) in [6, 6.07) is 14.8. The number of primary sulfonamides is 1. The molecule has 2 heterocycles. The number of hydrogen-bond acceptors (Lipinski definition) is 7. The van der Waals surface area contributed by atoms with Gasteiger partial charge in [0.15, 0.2) is 0 Å². The van der Waals surface area contributed by atoms with Crippen molar-refractivity contribution in [2.75, 3.05) is 12.4 Å². The molecule has 0 saturated carbocycles. The summed E-state index contributed by atoms with van der Waals surface area (Å²) in [4.78, 5) is 20.4. The standard InChI is InChI=1S/C25H28N4O5S2/c1-17(29-16-27-25-24(29)21(13-14-35-25)28-34-15-23(30)31)5-4-6-18-9-11-19(12-10-18)20-7-2-3-8-22(20)36(26,32)33/h2-3,7-12,16-17H,4-6,13-15H2,1H3,(H,30,31)(H2,26,32,33). The molecular weight excluding hydrogens is 500 g/mol. The Morgan fingerprint density at radius 1 is 1.25 bits per heavy atom. The van der Waals surface area contributed by atoms with Crippen LogP contribution in [0.5, 0.6) is 0 Å². The average Bonchev–Trinajstić information content (AvgIpc) is 3.29. The lowest BCUT2D eigenvalue weighted by molar-refractivity contribution is -0.142. The van der Waals surface area contributed by atoms with Crippen LogP contribution in [-0.2, 0) is 26.1 Å². The maximum atomic E-state index is 11.9. The predicted octanol–water partition coefficient (Wildman–Crippen LogP) is 4.08. The number of carbonyl (C=O) groups is 1. The molecule has 1 aromatic heterocycles. The SMILES string of the molecule is CC(CCCc1ccc(-c2ccccc2S(N)(=O)=O)cc1)n1cnc2c1C(=NOCC(=O)O)CCS2. The first-order valence-electron chi connectivity index (χ1n) is 11.6. The van der Waals surface area contributed by atoms with Gasteiger partial charge in [-0.1, -0.05) is 47.6 Å². The molecule has 0 aliphatic carbocycles. The number of fused-ring (bicyclic) bond motifs is 1. The quantitative estimate of drug-likeness (QED) is 0.378. The number of carboxylic acid groups (broad SMARTS) is 1. The van der Waals surface area contributed by atoms with E-state index in [-0.39, 0.29) is 10.9 Å². The third-order valence-electron chi connectivity index (χ3n) is 5.99. The number of aryl methyl sites for hydroxylation is 1. The summed E-state index contributed by atoms with van der Waals surface area (Å²) in [5.41, 5.74) is 4.18. The summed E-state index contributed by atoms with van der Waals surface area (Å²) in [6.07, 6.45) is 5.23. The van der Waals surface area contributed by atoms with E-state index in [2.05, 4.69) is 21.6 Å². The Bertz CT molecular complexity index is 1370. The number of carboxylic acids is 1. The van der Waals surface area contributed by atoms with Crippen LogP contribution in [0.4, 0.5) is 0 Å². The number of nitrogens with two attached hydrogens (primary N) is 1. The summed E-state index contributed by atoms with van der Waals surface area (Å²) in [5.74, 6) is -0.237. The molecule has 3 aromatic rings. The Labute approximate surface area is 214 Å². The maximum Gasteiger partial charge on any atom is 0.344 e. The van der Waals surface area contributed by atoms with Crippen molar-refractivity contribution >= 4 is 33.5 Å². The van der Waals surface area contributed by atoms with Crippen molar-refractivity contribution in [1.29, 1.82) is 0 Å². The Hall–Kier alpha value is -3.15. The molecule has 4 rings (SSSR count). The Morgan fingerprint density at radius 3 is 2.72 bits per heavy atom. The molecule has 1 atom stereocenters. The van der Waals surface area contributed by atoms with Crippen molar-refractivity contribution < 1.29 is 23.2 Å². The molecule has 36 heavy (non-hydrogen) atoms. The van der Waals surface area contributed by atoms with Crippen LogP contribution in [0.3, 0.4) is 0 Å². The van der Waals surface area contributed by atoms with Gasteiger partial charge in [0.25, 0.3) is 0 Å². The Kier molecular flexibility index (Phi) is 8.12. The first-order chi connectivity index (χ1) is 17.2. The topological polar surface area (TPSA) is 137 Å². The third kappa shape index (κ3) is 6.15. The van der Waals surface area contributed by atoms with E-state index >= 15 is 0 Å². The number of sulfonamides is 1. The molecule has 1 aliphatic rings. The molecule has 190 valence electrons. The fourth-order valence-electron chi connectivity index (χ4n) is 4.22. The van der Waals surface area contributed by atoms with Gasteiger partial charge < -0.3 is 14.5 Å². The molecule has 0 bridgehead atoms. The second-order valence-electron chi connectivity index (χ2n) is 8.59. The normalized spacial score (nSPS) is 15.4. The van der Waals surface area contributed by atoms with Gasteiger partial charge in [-0.2, -0.15) is 0 Å². The second-order valence-corrected chi connectivity index (χ2v) is 11.2. The zero-order valence-corrected chi connectivity index (χ0v) is 21.5. The molecule has 0 saturated heterocycles. The number of rotatable bonds is 10. The molecule has 0 fully saturated rings. The van der Waals surface area contributed by atoms with E-state index < -0.39 is 22.6 Å². The van der Waals surface area contributed by atoms with Crippen LogP contribution in [0, 0.1) is 0 Å². The predicted molar refractivity (Wildman–Crippen MR) is 139 cm³/mol. The molecule has 0 radical (unpaired) electrons. The van der Waals surface area contributed by atoms with Crippen LogP contribution >= 0.6 is 11.8 Å². The molecule has 11 heteroatoms. The monoisotopic (exact) mass is 528 g/mol. The van der Waals surface area contributed by atoms with Gasteiger partial charge in [0.1, 0.15) is 16.4 Å². The molecule has 9 nitrogen and oxygen atoms in total. The number of imidazole rings is 1. The van der Waals surface area contributed by atoms with E-state index in [4.69, 9.17) is 15.1 Å². The van der Waals surface area contributed by atoms with E-state index in [1.54, 1.807) is 30.0 Å². The Balaban J connectivity index is 1.40. The van der Waals surface area contributed by atoms with Crippen molar-refractivity contribution in [3.63, 3.8) is 0 Å². The highest BCUT2D eigenvalue weighted by molar-refractivity contribution is 7.99. The largest absolute Gasteiger partial charge is 0.479 e. The lowest BCUT2D eigenvalue weighted by Crippen LogP contribution is -2.18. The van der Waals surface area contributed by atoms with E-state index in [1.165, 1.54) is 6.07 Å². The maximum absolute atomic E-state index is 11.9. The fourth-order valence-corrected chi connectivity index (χ4v) is 5.95. The fraction of sp³-hybridized carbons (Fsp3) is 0.320. The zero-order valence-electron chi connectivity index (χ0n) is 19.8. The summed E-state index contributed by atoms with van der Waals surface area (Å²) >= 11 is 1.66. The van der Waals surface area contributed by atoms with E-state index in [0.29, 0.717) is 12.0 Å². The smallest absolute Gasteiger partial charge is 0.344 e. The first-order valence-corrected chi connectivity index (χ1v) is 14.1. The highest BCUT2D eigenvalue weighted by atomic mass is 32.2. The summed E-state index contributed by atoms with van der Waals surface area (Å²) in [7, 11) is -3.81. The minimum absolute atomic E-state index is 0.115. The van der Waals surface area contributed by atoms with Gasteiger partial charge >= 0.3 is 5.97 Å². The number of oxime groups is 1. The lowest BCUT2D eigenvalue weighted by Gasteiger charge is -2.20. The molecule has 0 spiro atoms. The molecule has 1 aliphatic heterocycles. The van der Waals surface area contributed by atoms with Crippen LogP contribution in [0.1, 0.15) is 43.5 Å². The summed E-state index contributed by atoms with van der Waals surface area (Å²) < 4.78 is 25.9. The zero-order chi connectivity index (χ0) is 25.7. The van der Waals surface area contributed by atoms with Crippen LogP contribution in [0.2, 0.25) is 0 Å². The van der Waals surface area contributed by atoms with E-state index in [0.717, 1.165) is 52.6 Å². The summed E-state index contributed by atoms with van der Waals surface area (Å²) in [5, 5.41) is 19.1. The van der Waals surface area contributed by atoms with Crippen molar-refractivity contribution in [2.45, 2.75) is 48.6 Å². The van der Waals surface area contributed by atoms with E-state index in [9.17, 15) is 13.2 Å². The van der Waals surface area contributed by atoms with Gasteiger partial charge in [-0.05, 0) is 43.4 Å². The van der Waals surface area contributed by atoms with Gasteiger partial charge in [0, 0.05) is 23.8 Å². The number of nitrogens with zero attached hydrogens (tertiary/aromatic N) is 3. The molecule has 1 unspecified atom stereocenters. The van der Waals surface area contributed by atoms with Gasteiger partial charge in [-0.15, -0.1) is 11.8 Å². The molecule has 3 N–H and O–H groups in total. The Morgan fingerprint density at radius 2 is 2.00 bits per heavy atom. The molecule has 2 aromatic carbocycles. The minimum Gasteiger partial charge on any atom is -0.479 e. The summed E-state index contributed by atoms with van der Waals surface area (Å²) in [6.45, 7) is 1.66. The number of thioether (sulfide) groups is 1. The van der Waals surface area contributed by atoms with Crippen molar-refractivity contribution in [1.82, 2.24) is 9.55 Å². The molecule has 0 amide bonds. The van der Waals surface area contributed by atoms with Crippen LogP contribution in [0.25, 0.3) is 11.1 Å². The van der Waals surface area contributed by atoms with E-state index in [1.807, 2.05) is 30.6 Å². The van der Waals surface area contributed by atoms with Crippen LogP contribution < -0.4 is 5.14 Å². The molecular formula is C25H28N4O5S2. The highest BCUT2D eigenvalue weighted by Crippen LogP contribution is 2.32. The number of aliphatic carboxylic acids is 1. The second kappa shape index (κ2) is 11.3. The number of benzene rings is 2. The van der Waals surface area contributed by atoms with Gasteiger partial charge in [0.05, 0.1) is 11.2 Å². The van der Waals surface area contributed by atoms with Crippen molar-refractivity contribution in [3.8, 4) is 11.1 Å². The van der Waals surface area contributed by atoms with Crippen molar-refractivity contribution in [3.05, 3.63) is 66.1 Å². The van der Waals surface area contributed by atoms with Crippen LogP contribution in [0.15, 0.2) is 69.9 Å². The lowest BCUT2D eigenvalue weighted by atomic mass is 10.0. The highest BCUT2D eigenvalue weighted by Gasteiger charge is 2.25. The van der Waals surface area contributed by atoms with Gasteiger partial charge in [-0.3, -0.25) is 0 Å². The van der Waals surface area contributed by atoms with Crippen LogP contribution in [-0.4, -0.2) is 47.1 Å². The number of hydrogen-bond donors (Lipinski definition) is 2. The van der Waals surface area contributed by atoms with Crippen molar-refractivity contribution in [2.24, 2.45) is 10.3 Å². The van der Waals surface area contributed by atoms with Gasteiger partial charge in [0.2, 0.25) is 16.6 Å². The third-order valence-corrected chi connectivity index (χ3v) is 7.94. The average molecular weight is 529 g/mol. The minimum atomic E-state index is -3.81.